The van der Waals surface area contributed by atoms with Gasteiger partial charge in [0.05, 0.1) is 0 Å². The third-order valence-corrected chi connectivity index (χ3v) is 6.19. The first-order chi connectivity index (χ1) is 13.8. The van der Waals surface area contributed by atoms with Crippen molar-refractivity contribution in [1.82, 2.24) is 29.8 Å². The van der Waals surface area contributed by atoms with Gasteiger partial charge < -0.3 is 0 Å². The third-order valence-electron chi connectivity index (χ3n) is 6.19. The van der Waals surface area contributed by atoms with Crippen LogP contribution in [0.3, 0.4) is 0 Å². The van der Waals surface area contributed by atoms with E-state index in [0.717, 1.165) is 61.1 Å². The van der Waals surface area contributed by atoms with Gasteiger partial charge in [-0.15, -0.1) is 5.10 Å². The predicted octanol–water partition coefficient (Wildman–Crippen LogP) is 2.99. The summed E-state index contributed by atoms with van der Waals surface area (Å²) < 4.78 is 15.0. The molecule has 1 saturated heterocycles. The summed E-state index contributed by atoms with van der Waals surface area (Å²) in [6.07, 6.45) is 7.42. The number of rotatable bonds is 4. The number of hydrogen-bond acceptors (Lipinski definition) is 5. The van der Waals surface area contributed by atoms with E-state index in [1.54, 1.807) is 16.6 Å². The highest BCUT2D eigenvalue weighted by atomic mass is 19.1. The van der Waals surface area contributed by atoms with Gasteiger partial charge in [-0.3, -0.25) is 9.80 Å². The standard InChI is InChI=1S/C21H25FN6/c22-19-7-5-16(6-8-19)17-13-18(21-23-24-25-28(21)15-17)14-26-9-11-27(12-10-26)20-3-1-2-4-20/h5-8,13,15,20H,1-4,9-12,14H2. The molecule has 146 valence electrons. The van der Waals surface area contributed by atoms with Crippen LogP contribution in [0.25, 0.3) is 16.8 Å². The van der Waals surface area contributed by atoms with Crippen molar-refractivity contribution in [3.63, 3.8) is 0 Å². The van der Waals surface area contributed by atoms with Crippen LogP contribution >= 0.6 is 0 Å². The minimum absolute atomic E-state index is 0.229. The number of nitrogens with zero attached hydrogens (tertiary/aromatic N) is 6. The van der Waals surface area contributed by atoms with Crippen molar-refractivity contribution in [3.8, 4) is 11.1 Å². The zero-order valence-corrected chi connectivity index (χ0v) is 16.0. The van der Waals surface area contributed by atoms with Crippen LogP contribution in [0.4, 0.5) is 4.39 Å². The SMILES string of the molecule is Fc1ccc(-c2cc(CN3CCN(C4CCCC4)CC3)c3nnnn3c2)cc1. The molecule has 1 aliphatic heterocycles. The third kappa shape index (κ3) is 3.52. The van der Waals surface area contributed by atoms with Crippen molar-refractivity contribution < 1.29 is 4.39 Å². The second-order valence-electron chi connectivity index (χ2n) is 7.96. The molecular formula is C21H25FN6. The Kier molecular flexibility index (Phi) is 4.78. The molecule has 7 heteroatoms. The van der Waals surface area contributed by atoms with Crippen LogP contribution < -0.4 is 0 Å². The van der Waals surface area contributed by atoms with Gasteiger partial charge in [0, 0.05) is 56.1 Å². The first-order valence-electron chi connectivity index (χ1n) is 10.2. The van der Waals surface area contributed by atoms with E-state index in [1.807, 2.05) is 6.20 Å². The summed E-state index contributed by atoms with van der Waals surface area (Å²) in [5, 5.41) is 12.2. The van der Waals surface area contributed by atoms with E-state index in [-0.39, 0.29) is 5.82 Å². The van der Waals surface area contributed by atoms with Crippen molar-refractivity contribution in [2.24, 2.45) is 0 Å². The highest BCUT2D eigenvalue weighted by Gasteiger charge is 2.26. The van der Waals surface area contributed by atoms with Gasteiger partial charge in [-0.05, 0) is 47.0 Å². The number of fused-ring (bicyclic) bond motifs is 1. The van der Waals surface area contributed by atoms with Crippen LogP contribution in [0.2, 0.25) is 0 Å². The van der Waals surface area contributed by atoms with Gasteiger partial charge in [-0.25, -0.2) is 4.39 Å². The Morgan fingerprint density at radius 2 is 1.71 bits per heavy atom. The lowest BCUT2D eigenvalue weighted by molar-refractivity contribution is 0.0938. The molecule has 1 aliphatic carbocycles. The Morgan fingerprint density at radius 1 is 0.964 bits per heavy atom. The molecule has 0 amide bonds. The van der Waals surface area contributed by atoms with Gasteiger partial charge in [-0.1, -0.05) is 25.0 Å². The van der Waals surface area contributed by atoms with Crippen molar-refractivity contribution in [3.05, 3.63) is 47.9 Å². The van der Waals surface area contributed by atoms with Gasteiger partial charge >= 0.3 is 0 Å². The maximum Gasteiger partial charge on any atom is 0.183 e. The van der Waals surface area contributed by atoms with Crippen LogP contribution in [0, 0.1) is 5.82 Å². The lowest BCUT2D eigenvalue weighted by Crippen LogP contribution is -2.49. The van der Waals surface area contributed by atoms with E-state index in [9.17, 15) is 4.39 Å². The fourth-order valence-corrected chi connectivity index (χ4v) is 4.63. The summed E-state index contributed by atoms with van der Waals surface area (Å²) in [5.41, 5.74) is 3.87. The molecule has 5 rings (SSSR count). The quantitative estimate of drug-likeness (QED) is 0.696. The number of pyridine rings is 1. The Morgan fingerprint density at radius 3 is 2.46 bits per heavy atom. The largest absolute Gasteiger partial charge is 0.298 e. The number of halogens is 1. The minimum atomic E-state index is -0.229. The Balaban J connectivity index is 1.35. The van der Waals surface area contributed by atoms with Crippen LogP contribution in [0.1, 0.15) is 31.2 Å². The second-order valence-corrected chi connectivity index (χ2v) is 7.96. The molecule has 0 N–H and O–H groups in total. The monoisotopic (exact) mass is 380 g/mol. The molecule has 6 nitrogen and oxygen atoms in total. The minimum Gasteiger partial charge on any atom is -0.298 e. The summed E-state index contributed by atoms with van der Waals surface area (Å²) in [5.74, 6) is -0.229. The van der Waals surface area contributed by atoms with E-state index in [2.05, 4.69) is 31.4 Å². The highest BCUT2D eigenvalue weighted by Crippen LogP contribution is 2.26. The molecule has 1 saturated carbocycles. The summed E-state index contributed by atoms with van der Waals surface area (Å²) >= 11 is 0. The number of aromatic nitrogens is 4. The summed E-state index contributed by atoms with van der Waals surface area (Å²) in [4.78, 5) is 5.16. The maximum atomic E-state index is 13.3. The fourth-order valence-electron chi connectivity index (χ4n) is 4.63. The molecule has 1 aromatic carbocycles. The van der Waals surface area contributed by atoms with Crippen molar-refractivity contribution in [2.75, 3.05) is 26.2 Å². The van der Waals surface area contributed by atoms with E-state index >= 15 is 0 Å². The summed E-state index contributed by atoms with van der Waals surface area (Å²) in [7, 11) is 0. The second kappa shape index (κ2) is 7.56. The molecule has 0 spiro atoms. The number of tetrazole rings is 1. The average molecular weight is 380 g/mol. The highest BCUT2D eigenvalue weighted by molar-refractivity contribution is 5.66. The molecular weight excluding hydrogens is 355 g/mol. The summed E-state index contributed by atoms with van der Waals surface area (Å²) in [6.45, 7) is 5.26. The molecule has 0 radical (unpaired) electrons. The van der Waals surface area contributed by atoms with E-state index in [4.69, 9.17) is 0 Å². The maximum absolute atomic E-state index is 13.3. The first-order valence-corrected chi connectivity index (χ1v) is 10.2. The first kappa shape index (κ1) is 17.7. The topological polar surface area (TPSA) is 49.6 Å². The van der Waals surface area contributed by atoms with Crippen LogP contribution in [-0.2, 0) is 6.54 Å². The zero-order chi connectivity index (χ0) is 18.9. The number of benzene rings is 1. The predicted molar refractivity (Wildman–Crippen MR) is 105 cm³/mol. The van der Waals surface area contributed by atoms with E-state index < -0.39 is 0 Å². The Labute approximate surface area is 163 Å². The van der Waals surface area contributed by atoms with Gasteiger partial charge in [0.2, 0.25) is 0 Å². The fraction of sp³-hybridized carbons (Fsp3) is 0.476. The number of piperazine rings is 1. The van der Waals surface area contributed by atoms with Crippen LogP contribution in [-0.4, -0.2) is 62.1 Å². The molecule has 2 aromatic heterocycles. The molecule has 0 unspecified atom stereocenters. The van der Waals surface area contributed by atoms with Gasteiger partial charge in [-0.2, -0.15) is 4.52 Å². The Hall–Kier alpha value is -2.38. The van der Waals surface area contributed by atoms with Crippen LogP contribution in [0.5, 0.6) is 0 Å². The molecule has 0 bridgehead atoms. The molecule has 28 heavy (non-hydrogen) atoms. The number of hydrogen-bond donors (Lipinski definition) is 0. The van der Waals surface area contributed by atoms with Gasteiger partial charge in [0.25, 0.3) is 0 Å². The normalized spacial score (nSPS) is 19.6. The van der Waals surface area contributed by atoms with E-state index in [0.29, 0.717) is 0 Å². The molecule has 3 heterocycles. The van der Waals surface area contributed by atoms with Crippen LogP contribution in [0.15, 0.2) is 36.5 Å². The molecule has 0 atom stereocenters. The summed E-state index contributed by atoms with van der Waals surface area (Å²) in [6, 6.07) is 9.51. The lowest BCUT2D eigenvalue weighted by atomic mass is 10.1. The van der Waals surface area contributed by atoms with Crippen molar-refractivity contribution in [1.29, 1.82) is 0 Å². The van der Waals surface area contributed by atoms with Crippen molar-refractivity contribution >= 4 is 5.65 Å². The Bertz CT molecular complexity index is 939. The zero-order valence-electron chi connectivity index (χ0n) is 16.0. The van der Waals surface area contributed by atoms with Gasteiger partial charge in [0.15, 0.2) is 5.65 Å². The molecule has 2 aliphatic rings. The molecule has 3 aromatic rings. The lowest BCUT2D eigenvalue weighted by Gasteiger charge is -2.38. The van der Waals surface area contributed by atoms with E-state index in [1.165, 1.54) is 37.8 Å². The van der Waals surface area contributed by atoms with Gasteiger partial charge in [0.1, 0.15) is 5.82 Å². The average Bonchev–Trinajstić information content (AvgIpc) is 3.41. The molecule has 2 fully saturated rings. The smallest absolute Gasteiger partial charge is 0.183 e. The van der Waals surface area contributed by atoms with Crippen molar-refractivity contribution in [2.45, 2.75) is 38.3 Å².